The molecule has 6 heteroatoms. The maximum absolute atomic E-state index is 12.7. The van der Waals surface area contributed by atoms with E-state index in [0.717, 1.165) is 44.5 Å². The molecule has 0 bridgehead atoms. The van der Waals surface area contributed by atoms with Crippen molar-refractivity contribution in [2.45, 2.75) is 51.7 Å². The molecule has 1 aromatic rings. The first-order valence-corrected chi connectivity index (χ1v) is 10.3. The fraction of sp³-hybridized carbons (Fsp3) is 0.636. The molecule has 1 aliphatic carbocycles. The van der Waals surface area contributed by atoms with Crippen LogP contribution in [0.3, 0.4) is 0 Å². The average molecular weight is 389 g/mol. The summed E-state index contributed by atoms with van der Waals surface area (Å²) in [6.45, 7) is 6.66. The molecular weight excluding hydrogens is 356 g/mol. The van der Waals surface area contributed by atoms with Crippen molar-refractivity contribution in [3.63, 3.8) is 0 Å². The van der Waals surface area contributed by atoms with Gasteiger partial charge in [0, 0.05) is 57.1 Å². The molecule has 3 rings (SSSR count). The van der Waals surface area contributed by atoms with Crippen LogP contribution < -0.4 is 4.74 Å². The van der Waals surface area contributed by atoms with E-state index in [4.69, 9.17) is 9.47 Å². The second-order valence-corrected chi connectivity index (χ2v) is 8.03. The number of carbonyl (C=O) groups excluding carboxylic acids is 2. The predicted octanol–water partition coefficient (Wildman–Crippen LogP) is 2.96. The molecule has 0 N–H and O–H groups in total. The molecule has 0 aromatic heterocycles. The maximum atomic E-state index is 12.7. The Morgan fingerprint density at radius 3 is 2.29 bits per heavy atom. The van der Waals surface area contributed by atoms with Crippen LogP contribution in [0.15, 0.2) is 24.3 Å². The van der Waals surface area contributed by atoms with Gasteiger partial charge in [-0.2, -0.15) is 0 Å². The lowest BCUT2D eigenvalue weighted by Crippen LogP contribution is -2.42. The summed E-state index contributed by atoms with van der Waals surface area (Å²) in [5.74, 6) is 1.39. The van der Waals surface area contributed by atoms with E-state index in [-0.39, 0.29) is 24.0 Å². The van der Waals surface area contributed by atoms with Gasteiger partial charge in [-0.05, 0) is 51.0 Å². The number of benzene rings is 1. The SMILES string of the molecule is COCCN(C(=O)c1ccc(OC2CCN(C(=O)C3CC3)CC2)cc1)C(C)C. The van der Waals surface area contributed by atoms with Gasteiger partial charge in [0.2, 0.25) is 5.91 Å². The Morgan fingerprint density at radius 2 is 1.75 bits per heavy atom. The molecule has 1 heterocycles. The molecule has 0 radical (unpaired) electrons. The zero-order chi connectivity index (χ0) is 20.1. The maximum Gasteiger partial charge on any atom is 0.254 e. The van der Waals surface area contributed by atoms with Crippen LogP contribution in [0, 0.1) is 5.92 Å². The van der Waals surface area contributed by atoms with Crippen LogP contribution in [-0.4, -0.2) is 67.1 Å². The largest absolute Gasteiger partial charge is 0.490 e. The fourth-order valence-corrected chi connectivity index (χ4v) is 3.60. The second-order valence-electron chi connectivity index (χ2n) is 8.03. The number of rotatable bonds is 8. The highest BCUT2D eigenvalue weighted by Gasteiger charge is 2.35. The number of amides is 2. The summed E-state index contributed by atoms with van der Waals surface area (Å²) in [6, 6.07) is 7.49. The number of likely N-dealkylation sites (tertiary alicyclic amines) is 1. The lowest BCUT2D eigenvalue weighted by molar-refractivity contribution is -0.134. The molecule has 28 heavy (non-hydrogen) atoms. The number of nitrogens with zero attached hydrogens (tertiary/aromatic N) is 2. The highest BCUT2D eigenvalue weighted by Crippen LogP contribution is 2.32. The number of hydrogen-bond acceptors (Lipinski definition) is 4. The molecule has 2 amide bonds. The van der Waals surface area contributed by atoms with Crippen molar-refractivity contribution >= 4 is 11.8 Å². The van der Waals surface area contributed by atoms with E-state index < -0.39 is 0 Å². The Balaban J connectivity index is 1.51. The summed E-state index contributed by atoms with van der Waals surface area (Å²) < 4.78 is 11.2. The van der Waals surface area contributed by atoms with Crippen LogP contribution in [0.25, 0.3) is 0 Å². The van der Waals surface area contributed by atoms with E-state index in [1.807, 2.05) is 47.9 Å². The monoisotopic (exact) mass is 388 g/mol. The summed E-state index contributed by atoms with van der Waals surface area (Å²) in [4.78, 5) is 28.7. The van der Waals surface area contributed by atoms with Crippen molar-refractivity contribution in [3.05, 3.63) is 29.8 Å². The Morgan fingerprint density at radius 1 is 1.11 bits per heavy atom. The van der Waals surface area contributed by atoms with E-state index in [0.29, 0.717) is 24.6 Å². The summed E-state index contributed by atoms with van der Waals surface area (Å²) in [5, 5.41) is 0. The van der Waals surface area contributed by atoms with Crippen molar-refractivity contribution < 1.29 is 19.1 Å². The number of methoxy groups -OCH3 is 1. The standard InChI is InChI=1S/C22H32N2O4/c1-16(2)24(14-15-27-3)22(26)18-6-8-19(9-7-18)28-20-10-12-23(13-11-20)21(25)17-4-5-17/h6-9,16-17,20H,4-5,10-15H2,1-3H3. The average Bonchev–Trinajstić information content (AvgIpc) is 3.54. The van der Waals surface area contributed by atoms with Gasteiger partial charge < -0.3 is 19.3 Å². The molecule has 1 saturated carbocycles. The van der Waals surface area contributed by atoms with E-state index in [2.05, 4.69) is 0 Å². The van der Waals surface area contributed by atoms with E-state index in [1.54, 1.807) is 7.11 Å². The number of piperidine rings is 1. The van der Waals surface area contributed by atoms with Crippen LogP contribution in [0.4, 0.5) is 0 Å². The Labute approximate surface area is 167 Å². The minimum atomic E-state index is 0.00509. The number of carbonyl (C=O) groups is 2. The molecule has 2 aliphatic rings. The van der Waals surface area contributed by atoms with Crippen molar-refractivity contribution in [2.24, 2.45) is 5.92 Å². The molecule has 0 spiro atoms. The van der Waals surface area contributed by atoms with E-state index in [1.165, 1.54) is 0 Å². The highest BCUT2D eigenvalue weighted by molar-refractivity contribution is 5.94. The zero-order valence-corrected chi connectivity index (χ0v) is 17.2. The molecule has 1 saturated heterocycles. The Kier molecular flexibility index (Phi) is 6.94. The van der Waals surface area contributed by atoms with Crippen molar-refractivity contribution in [3.8, 4) is 5.75 Å². The van der Waals surface area contributed by atoms with Gasteiger partial charge in [-0.25, -0.2) is 0 Å². The molecular formula is C22H32N2O4. The van der Waals surface area contributed by atoms with Gasteiger partial charge in [0.1, 0.15) is 11.9 Å². The first-order valence-electron chi connectivity index (χ1n) is 10.3. The molecule has 1 aliphatic heterocycles. The van der Waals surface area contributed by atoms with Gasteiger partial charge in [0.15, 0.2) is 0 Å². The fourth-order valence-electron chi connectivity index (χ4n) is 3.60. The van der Waals surface area contributed by atoms with Crippen LogP contribution in [0.2, 0.25) is 0 Å². The lowest BCUT2D eigenvalue weighted by Gasteiger charge is -2.32. The number of hydrogen-bond donors (Lipinski definition) is 0. The zero-order valence-electron chi connectivity index (χ0n) is 17.2. The van der Waals surface area contributed by atoms with Crippen molar-refractivity contribution in [1.82, 2.24) is 9.80 Å². The summed E-state index contributed by atoms with van der Waals surface area (Å²) >= 11 is 0. The third-order valence-corrected chi connectivity index (χ3v) is 5.50. The van der Waals surface area contributed by atoms with E-state index >= 15 is 0 Å². The second kappa shape index (κ2) is 9.41. The summed E-state index contributed by atoms with van der Waals surface area (Å²) in [7, 11) is 1.64. The smallest absolute Gasteiger partial charge is 0.254 e. The first kappa shape index (κ1) is 20.6. The van der Waals surface area contributed by atoms with E-state index in [9.17, 15) is 9.59 Å². The highest BCUT2D eigenvalue weighted by atomic mass is 16.5. The molecule has 0 atom stereocenters. The quantitative estimate of drug-likeness (QED) is 0.687. The lowest BCUT2D eigenvalue weighted by atomic mass is 10.1. The van der Waals surface area contributed by atoms with Crippen LogP contribution in [0.1, 0.15) is 49.9 Å². The molecule has 0 unspecified atom stereocenters. The van der Waals surface area contributed by atoms with Crippen LogP contribution in [-0.2, 0) is 9.53 Å². The van der Waals surface area contributed by atoms with Gasteiger partial charge >= 0.3 is 0 Å². The molecule has 1 aromatic carbocycles. The van der Waals surface area contributed by atoms with Gasteiger partial charge in [0.05, 0.1) is 6.61 Å². The minimum Gasteiger partial charge on any atom is -0.490 e. The van der Waals surface area contributed by atoms with Gasteiger partial charge in [-0.3, -0.25) is 9.59 Å². The number of ether oxygens (including phenoxy) is 2. The third kappa shape index (κ3) is 5.25. The Hall–Kier alpha value is -2.08. The van der Waals surface area contributed by atoms with Crippen molar-refractivity contribution in [1.29, 1.82) is 0 Å². The van der Waals surface area contributed by atoms with Crippen molar-refractivity contribution in [2.75, 3.05) is 33.4 Å². The molecule has 154 valence electrons. The van der Waals surface area contributed by atoms with Gasteiger partial charge in [-0.1, -0.05) is 0 Å². The normalized spacial score (nSPS) is 17.6. The first-order chi connectivity index (χ1) is 13.5. The molecule has 6 nitrogen and oxygen atoms in total. The minimum absolute atomic E-state index is 0.00509. The van der Waals surface area contributed by atoms with Crippen LogP contribution in [0.5, 0.6) is 5.75 Å². The van der Waals surface area contributed by atoms with Gasteiger partial charge in [-0.15, -0.1) is 0 Å². The predicted molar refractivity (Wildman–Crippen MR) is 107 cm³/mol. The Bertz CT molecular complexity index is 662. The molecule has 2 fully saturated rings. The third-order valence-electron chi connectivity index (χ3n) is 5.50. The summed E-state index contributed by atoms with van der Waals surface area (Å²) in [6.07, 6.45) is 3.95. The van der Waals surface area contributed by atoms with Crippen LogP contribution >= 0.6 is 0 Å². The topological polar surface area (TPSA) is 59.1 Å². The summed E-state index contributed by atoms with van der Waals surface area (Å²) in [5.41, 5.74) is 0.655. The van der Waals surface area contributed by atoms with Gasteiger partial charge in [0.25, 0.3) is 5.91 Å².